The van der Waals surface area contributed by atoms with E-state index in [1.54, 1.807) is 0 Å². The molecule has 2 aliphatic heterocycles. The van der Waals surface area contributed by atoms with Crippen LogP contribution in [-0.4, -0.2) is 30.6 Å². The van der Waals surface area contributed by atoms with E-state index in [2.05, 4.69) is 4.90 Å². The van der Waals surface area contributed by atoms with Gasteiger partial charge in [-0.05, 0) is 39.0 Å². The highest BCUT2D eigenvalue weighted by Gasteiger charge is 2.25. The lowest BCUT2D eigenvalue weighted by Gasteiger charge is -2.31. The average Bonchev–Trinajstić information content (AvgIpc) is 2.53. The van der Waals surface area contributed by atoms with Crippen molar-refractivity contribution in [2.45, 2.75) is 45.4 Å². The van der Waals surface area contributed by atoms with Crippen LogP contribution in [0.25, 0.3) is 0 Å². The summed E-state index contributed by atoms with van der Waals surface area (Å²) in [5, 5.41) is 0. The number of ether oxygens (including phenoxy) is 1. The van der Waals surface area contributed by atoms with E-state index in [0.29, 0.717) is 6.61 Å². The fraction of sp³-hybridized carbons (Fsp3) is 0.769. The molecule has 3 nitrogen and oxygen atoms in total. The first-order valence-electron chi connectivity index (χ1n) is 6.47. The van der Waals surface area contributed by atoms with E-state index in [9.17, 15) is 4.79 Å². The normalized spacial score (nSPS) is 21.4. The van der Waals surface area contributed by atoms with Gasteiger partial charge in [0, 0.05) is 18.8 Å². The van der Waals surface area contributed by atoms with Crippen molar-refractivity contribution >= 4 is 5.97 Å². The fourth-order valence-electron chi connectivity index (χ4n) is 2.68. The van der Waals surface area contributed by atoms with Crippen LogP contribution in [0, 0.1) is 0 Å². The molecule has 16 heavy (non-hydrogen) atoms. The Labute approximate surface area is 97.5 Å². The maximum atomic E-state index is 11.9. The lowest BCUT2D eigenvalue weighted by Crippen LogP contribution is -2.31. The summed E-state index contributed by atoms with van der Waals surface area (Å²) in [6.45, 7) is 4.60. The predicted octanol–water partition coefficient (Wildman–Crippen LogP) is 2.47. The number of allylic oxidation sites excluding steroid dienone is 1. The van der Waals surface area contributed by atoms with Gasteiger partial charge in [0.15, 0.2) is 0 Å². The van der Waals surface area contributed by atoms with E-state index in [0.717, 1.165) is 37.9 Å². The number of carbonyl (C=O) groups excluding carboxylic acids is 1. The first-order valence-corrected chi connectivity index (χ1v) is 6.47. The molecule has 0 aromatic rings. The number of hydrogen-bond acceptors (Lipinski definition) is 3. The zero-order valence-electron chi connectivity index (χ0n) is 10.1. The van der Waals surface area contributed by atoms with E-state index < -0.39 is 0 Å². The SMILES string of the molecule is CCOC(=O)C1=C2CCCCCN2CCC1. The molecule has 90 valence electrons. The predicted molar refractivity (Wildman–Crippen MR) is 62.9 cm³/mol. The number of nitrogens with zero attached hydrogens (tertiary/aromatic N) is 1. The third-order valence-electron chi connectivity index (χ3n) is 3.45. The Bertz CT molecular complexity index is 296. The van der Waals surface area contributed by atoms with Gasteiger partial charge in [0.25, 0.3) is 0 Å². The average molecular weight is 223 g/mol. The van der Waals surface area contributed by atoms with E-state index in [-0.39, 0.29) is 5.97 Å². The number of fused-ring (bicyclic) bond motifs is 1. The van der Waals surface area contributed by atoms with Crippen molar-refractivity contribution in [3.05, 3.63) is 11.3 Å². The molecule has 1 fully saturated rings. The van der Waals surface area contributed by atoms with Crippen molar-refractivity contribution < 1.29 is 9.53 Å². The van der Waals surface area contributed by atoms with Gasteiger partial charge in [-0.25, -0.2) is 4.79 Å². The quantitative estimate of drug-likeness (QED) is 0.673. The van der Waals surface area contributed by atoms with Crippen molar-refractivity contribution in [3.63, 3.8) is 0 Å². The molecule has 1 saturated heterocycles. The summed E-state index contributed by atoms with van der Waals surface area (Å²) < 4.78 is 5.15. The smallest absolute Gasteiger partial charge is 0.335 e. The molecule has 0 aliphatic carbocycles. The van der Waals surface area contributed by atoms with Crippen molar-refractivity contribution in [1.29, 1.82) is 0 Å². The van der Waals surface area contributed by atoms with Crippen LogP contribution in [0.4, 0.5) is 0 Å². The molecule has 0 atom stereocenters. The van der Waals surface area contributed by atoms with Gasteiger partial charge in [-0.3, -0.25) is 0 Å². The molecule has 0 spiro atoms. The molecule has 2 heterocycles. The maximum absolute atomic E-state index is 11.9. The highest BCUT2D eigenvalue weighted by molar-refractivity contribution is 5.89. The van der Waals surface area contributed by atoms with Crippen LogP contribution in [0.15, 0.2) is 11.3 Å². The van der Waals surface area contributed by atoms with Crippen molar-refractivity contribution in [2.24, 2.45) is 0 Å². The van der Waals surface area contributed by atoms with Gasteiger partial charge in [-0.2, -0.15) is 0 Å². The molecule has 0 saturated carbocycles. The zero-order chi connectivity index (χ0) is 11.4. The number of hydrogen-bond donors (Lipinski definition) is 0. The lowest BCUT2D eigenvalue weighted by atomic mass is 10.00. The second-order valence-corrected chi connectivity index (χ2v) is 4.55. The van der Waals surface area contributed by atoms with Crippen molar-refractivity contribution in [1.82, 2.24) is 4.90 Å². The molecular formula is C13H21NO2. The van der Waals surface area contributed by atoms with Gasteiger partial charge in [0.2, 0.25) is 0 Å². The standard InChI is InChI=1S/C13H21NO2/c1-2-16-13(15)11-7-6-10-14-9-5-3-4-8-12(11)14/h2-10H2,1H3. The van der Waals surface area contributed by atoms with E-state index in [4.69, 9.17) is 4.74 Å². The fourth-order valence-corrected chi connectivity index (χ4v) is 2.68. The van der Waals surface area contributed by atoms with Gasteiger partial charge in [0.05, 0.1) is 12.2 Å². The van der Waals surface area contributed by atoms with Gasteiger partial charge in [0.1, 0.15) is 0 Å². The second kappa shape index (κ2) is 5.37. The minimum absolute atomic E-state index is 0.0795. The van der Waals surface area contributed by atoms with E-state index >= 15 is 0 Å². The lowest BCUT2D eigenvalue weighted by molar-refractivity contribution is -0.139. The van der Waals surface area contributed by atoms with Crippen molar-refractivity contribution in [3.8, 4) is 0 Å². The number of rotatable bonds is 2. The van der Waals surface area contributed by atoms with Crippen LogP contribution in [0.2, 0.25) is 0 Å². The molecule has 0 radical (unpaired) electrons. The molecule has 3 heteroatoms. The van der Waals surface area contributed by atoms with Crippen LogP contribution >= 0.6 is 0 Å². The van der Waals surface area contributed by atoms with Gasteiger partial charge >= 0.3 is 5.97 Å². The van der Waals surface area contributed by atoms with Gasteiger partial charge in [-0.1, -0.05) is 6.42 Å². The Morgan fingerprint density at radius 2 is 2.00 bits per heavy atom. The summed E-state index contributed by atoms with van der Waals surface area (Å²) in [5.74, 6) is -0.0795. The monoisotopic (exact) mass is 223 g/mol. The third kappa shape index (κ3) is 2.39. The topological polar surface area (TPSA) is 29.5 Å². The van der Waals surface area contributed by atoms with E-state index in [1.165, 1.54) is 25.0 Å². The molecule has 2 rings (SSSR count). The summed E-state index contributed by atoms with van der Waals surface area (Å²) >= 11 is 0. The summed E-state index contributed by atoms with van der Waals surface area (Å²) in [6, 6.07) is 0. The van der Waals surface area contributed by atoms with E-state index in [1.807, 2.05) is 6.92 Å². The molecule has 0 aromatic carbocycles. The zero-order valence-corrected chi connectivity index (χ0v) is 10.1. The molecule has 0 aromatic heterocycles. The second-order valence-electron chi connectivity index (χ2n) is 4.55. The van der Waals surface area contributed by atoms with Crippen molar-refractivity contribution in [2.75, 3.05) is 19.7 Å². The Morgan fingerprint density at radius 1 is 1.19 bits per heavy atom. The Balaban J connectivity index is 2.20. The summed E-state index contributed by atoms with van der Waals surface area (Å²) in [4.78, 5) is 14.3. The summed E-state index contributed by atoms with van der Waals surface area (Å²) in [5.41, 5.74) is 2.23. The highest BCUT2D eigenvalue weighted by Crippen LogP contribution is 2.29. The number of esters is 1. The van der Waals surface area contributed by atoms with Gasteiger partial charge in [-0.15, -0.1) is 0 Å². The number of carbonyl (C=O) groups is 1. The van der Waals surface area contributed by atoms with Crippen LogP contribution in [0.3, 0.4) is 0 Å². The Kier molecular flexibility index (Phi) is 3.86. The van der Waals surface area contributed by atoms with Crippen LogP contribution in [0.1, 0.15) is 45.4 Å². The first-order chi connectivity index (χ1) is 7.83. The van der Waals surface area contributed by atoms with Gasteiger partial charge < -0.3 is 9.64 Å². The molecule has 0 N–H and O–H groups in total. The van der Waals surface area contributed by atoms with Crippen LogP contribution in [-0.2, 0) is 9.53 Å². The maximum Gasteiger partial charge on any atom is 0.335 e. The third-order valence-corrected chi connectivity index (χ3v) is 3.45. The molecule has 0 unspecified atom stereocenters. The van der Waals surface area contributed by atoms with Crippen LogP contribution < -0.4 is 0 Å². The molecule has 2 aliphatic rings. The Hall–Kier alpha value is -0.990. The first kappa shape index (κ1) is 11.5. The molecular weight excluding hydrogens is 202 g/mol. The largest absolute Gasteiger partial charge is 0.463 e. The molecule has 0 bridgehead atoms. The highest BCUT2D eigenvalue weighted by atomic mass is 16.5. The Morgan fingerprint density at radius 3 is 2.81 bits per heavy atom. The minimum Gasteiger partial charge on any atom is -0.463 e. The minimum atomic E-state index is -0.0795. The summed E-state index contributed by atoms with van der Waals surface area (Å²) in [7, 11) is 0. The van der Waals surface area contributed by atoms with Crippen LogP contribution in [0.5, 0.6) is 0 Å². The summed E-state index contributed by atoms with van der Waals surface area (Å²) in [6.07, 6.45) is 6.83. The molecule has 0 amide bonds.